The molecule has 2 aliphatic rings. The number of amides is 3. The Hall–Kier alpha value is -3.63. The summed E-state index contributed by atoms with van der Waals surface area (Å²) in [4.78, 5) is 42.6. The van der Waals surface area contributed by atoms with Crippen LogP contribution in [0.3, 0.4) is 0 Å². The Balaban J connectivity index is 1.65. The lowest BCUT2D eigenvalue weighted by Crippen LogP contribution is -2.58. The summed E-state index contributed by atoms with van der Waals surface area (Å²) in [6, 6.07) is 12.2. The molecule has 0 aliphatic carbocycles. The van der Waals surface area contributed by atoms with Crippen molar-refractivity contribution in [3.63, 3.8) is 0 Å². The van der Waals surface area contributed by atoms with Gasteiger partial charge in [0.2, 0.25) is 11.8 Å². The van der Waals surface area contributed by atoms with Crippen LogP contribution in [0.25, 0.3) is 0 Å². The fourth-order valence-electron chi connectivity index (χ4n) is 4.84. The van der Waals surface area contributed by atoms with Crippen LogP contribution in [0.5, 0.6) is 17.2 Å². The Morgan fingerprint density at radius 1 is 1.12 bits per heavy atom. The molecule has 4 rings (SSSR count). The number of ether oxygens (including phenoxy) is 4. The van der Waals surface area contributed by atoms with Crippen LogP contribution in [0.4, 0.5) is 0 Å². The fraction of sp³-hybridized carbons (Fsp3) is 0.500. The summed E-state index contributed by atoms with van der Waals surface area (Å²) < 4.78 is 23.6. The number of fused-ring (bicyclic) bond motifs is 5. The van der Waals surface area contributed by atoms with Crippen molar-refractivity contribution in [2.75, 3.05) is 39.4 Å². The molecule has 2 aliphatic heterocycles. The molecule has 216 valence electrons. The summed E-state index contributed by atoms with van der Waals surface area (Å²) in [5.41, 5.74) is 1.25. The molecule has 10 heteroatoms. The normalized spacial score (nSPS) is 20.0. The van der Waals surface area contributed by atoms with Crippen LogP contribution in [0.15, 0.2) is 42.5 Å². The number of likely N-dealkylation sites (tertiary alicyclic amines) is 1. The van der Waals surface area contributed by atoms with Crippen molar-refractivity contribution in [2.45, 2.75) is 59.0 Å². The molecular formula is C30H39N3O7. The second-order valence-electron chi connectivity index (χ2n) is 10.2. The van der Waals surface area contributed by atoms with E-state index in [1.165, 1.54) is 4.90 Å². The number of carbonyl (C=O) groups is 3. The highest BCUT2D eigenvalue weighted by Crippen LogP contribution is 2.30. The molecule has 0 aromatic heterocycles. The highest BCUT2D eigenvalue weighted by Gasteiger charge is 2.34. The van der Waals surface area contributed by atoms with Crippen molar-refractivity contribution in [1.29, 1.82) is 0 Å². The van der Waals surface area contributed by atoms with Gasteiger partial charge in [-0.15, -0.1) is 0 Å². The number of rotatable bonds is 6. The third-order valence-corrected chi connectivity index (χ3v) is 6.78. The van der Waals surface area contributed by atoms with Gasteiger partial charge in [-0.3, -0.25) is 14.4 Å². The van der Waals surface area contributed by atoms with Crippen LogP contribution in [-0.2, 0) is 25.7 Å². The van der Waals surface area contributed by atoms with Gasteiger partial charge in [-0.05, 0) is 63.9 Å². The Bertz CT molecular complexity index is 1200. The van der Waals surface area contributed by atoms with E-state index in [0.29, 0.717) is 62.1 Å². The minimum Gasteiger partial charge on any atom is -0.491 e. The topological polar surface area (TPSA) is 107 Å². The zero-order valence-corrected chi connectivity index (χ0v) is 23.7. The average molecular weight is 554 g/mol. The molecule has 2 aromatic rings. The number of hydrogen-bond donors (Lipinski definition) is 1. The van der Waals surface area contributed by atoms with Gasteiger partial charge in [-0.1, -0.05) is 12.1 Å². The summed E-state index contributed by atoms with van der Waals surface area (Å²) in [6.07, 6.45) is 0.137. The molecule has 2 atom stereocenters. The zero-order valence-electron chi connectivity index (χ0n) is 23.7. The van der Waals surface area contributed by atoms with E-state index in [2.05, 4.69) is 5.32 Å². The molecule has 4 bridgehead atoms. The molecular weight excluding hydrogens is 514 g/mol. The number of benzene rings is 2. The fourth-order valence-corrected chi connectivity index (χ4v) is 4.84. The van der Waals surface area contributed by atoms with E-state index in [9.17, 15) is 14.4 Å². The summed E-state index contributed by atoms with van der Waals surface area (Å²) >= 11 is 0. The quantitative estimate of drug-likeness (QED) is 0.585. The average Bonchev–Trinajstić information content (AvgIpc) is 2.92. The standard InChI is InChI=1S/C30H39N3O7/c1-5-32-17-28(34)31-26-16-33(29(35)19-37-6-2)11-10-27(26)38-18-21-8-7-9-23(12-21)40-25-14-22(30(32)36)13-24(15-25)39-20(3)4/h7-9,12-15,20,26-27H,5-6,10-11,16-19H2,1-4H3,(H,31,34)/t26-,27-/m0/s1. The lowest BCUT2D eigenvalue weighted by molar-refractivity contribution is -0.141. The Morgan fingerprint density at radius 2 is 1.95 bits per heavy atom. The molecule has 0 radical (unpaired) electrons. The number of hydrogen-bond acceptors (Lipinski definition) is 7. The number of nitrogens with zero attached hydrogens (tertiary/aromatic N) is 2. The third-order valence-electron chi connectivity index (χ3n) is 6.78. The predicted molar refractivity (Wildman–Crippen MR) is 148 cm³/mol. The van der Waals surface area contributed by atoms with Gasteiger partial charge in [0.25, 0.3) is 5.91 Å². The van der Waals surface area contributed by atoms with E-state index >= 15 is 0 Å². The van der Waals surface area contributed by atoms with Gasteiger partial charge in [0.1, 0.15) is 23.9 Å². The van der Waals surface area contributed by atoms with Crippen LogP contribution >= 0.6 is 0 Å². The summed E-state index contributed by atoms with van der Waals surface area (Å²) in [6.45, 7) is 9.20. The van der Waals surface area contributed by atoms with Crippen molar-refractivity contribution in [3.8, 4) is 17.2 Å². The lowest BCUT2D eigenvalue weighted by Gasteiger charge is -2.39. The van der Waals surface area contributed by atoms with Crippen molar-refractivity contribution < 1.29 is 33.3 Å². The van der Waals surface area contributed by atoms with Crippen LogP contribution in [0.1, 0.15) is 50.0 Å². The largest absolute Gasteiger partial charge is 0.491 e. The van der Waals surface area contributed by atoms with Crippen molar-refractivity contribution >= 4 is 17.7 Å². The maximum Gasteiger partial charge on any atom is 0.254 e. The van der Waals surface area contributed by atoms with Crippen molar-refractivity contribution in [3.05, 3.63) is 53.6 Å². The first-order chi connectivity index (χ1) is 19.2. The van der Waals surface area contributed by atoms with E-state index in [0.717, 1.165) is 5.56 Å². The predicted octanol–water partition coefficient (Wildman–Crippen LogP) is 3.38. The minimum absolute atomic E-state index is 0.00479. The molecule has 0 spiro atoms. The third kappa shape index (κ3) is 7.73. The zero-order chi connectivity index (χ0) is 28.6. The molecule has 1 fully saturated rings. The maximum atomic E-state index is 13.6. The molecule has 0 unspecified atom stereocenters. The lowest BCUT2D eigenvalue weighted by atomic mass is 10.0. The molecule has 1 saturated heterocycles. The SMILES string of the molecule is CCOCC(=O)N1CC[C@@H]2OCc3cccc(c3)Oc3cc(OC(C)C)cc(c3)C(=O)N(CC)CC(=O)N[C@H]2C1. The first-order valence-electron chi connectivity index (χ1n) is 13.9. The molecule has 2 heterocycles. The van der Waals surface area contributed by atoms with Gasteiger partial charge in [0.15, 0.2) is 0 Å². The van der Waals surface area contributed by atoms with Crippen LogP contribution in [0, 0.1) is 0 Å². The minimum atomic E-state index is -0.442. The van der Waals surface area contributed by atoms with E-state index in [1.807, 2.05) is 52.0 Å². The molecule has 40 heavy (non-hydrogen) atoms. The summed E-state index contributed by atoms with van der Waals surface area (Å²) in [5.74, 6) is 0.781. The molecule has 3 amide bonds. The number of carbonyl (C=O) groups excluding carboxylic acids is 3. The van der Waals surface area contributed by atoms with E-state index in [4.69, 9.17) is 18.9 Å². The first-order valence-corrected chi connectivity index (χ1v) is 13.9. The van der Waals surface area contributed by atoms with Crippen LogP contribution in [-0.4, -0.2) is 85.2 Å². The van der Waals surface area contributed by atoms with Crippen molar-refractivity contribution in [1.82, 2.24) is 15.1 Å². The Morgan fingerprint density at radius 3 is 2.70 bits per heavy atom. The van der Waals surface area contributed by atoms with Gasteiger partial charge in [0.05, 0.1) is 31.4 Å². The number of likely N-dealkylation sites (N-methyl/N-ethyl adjacent to an activating group) is 1. The molecule has 10 nitrogen and oxygen atoms in total. The monoisotopic (exact) mass is 553 g/mol. The Kier molecular flexibility index (Phi) is 10.0. The van der Waals surface area contributed by atoms with Gasteiger partial charge in [0, 0.05) is 37.9 Å². The second kappa shape index (κ2) is 13.6. The highest BCUT2D eigenvalue weighted by atomic mass is 16.5. The van der Waals surface area contributed by atoms with Gasteiger partial charge in [-0.25, -0.2) is 0 Å². The second-order valence-corrected chi connectivity index (χ2v) is 10.2. The van der Waals surface area contributed by atoms with E-state index in [-0.39, 0.29) is 43.1 Å². The molecule has 2 aromatic carbocycles. The summed E-state index contributed by atoms with van der Waals surface area (Å²) in [5, 5.41) is 3.04. The number of nitrogens with one attached hydrogen (secondary N) is 1. The van der Waals surface area contributed by atoms with Crippen LogP contribution < -0.4 is 14.8 Å². The first kappa shape index (κ1) is 29.4. The smallest absolute Gasteiger partial charge is 0.254 e. The van der Waals surface area contributed by atoms with Crippen LogP contribution in [0.2, 0.25) is 0 Å². The van der Waals surface area contributed by atoms with Gasteiger partial charge < -0.3 is 34.1 Å². The Labute approximate surface area is 235 Å². The molecule has 1 N–H and O–H groups in total. The maximum absolute atomic E-state index is 13.6. The van der Waals surface area contributed by atoms with E-state index < -0.39 is 6.04 Å². The van der Waals surface area contributed by atoms with Gasteiger partial charge >= 0.3 is 0 Å². The highest BCUT2D eigenvalue weighted by molar-refractivity contribution is 5.97. The van der Waals surface area contributed by atoms with Gasteiger partial charge in [-0.2, -0.15) is 0 Å². The number of piperidine rings is 1. The molecule has 0 saturated carbocycles. The summed E-state index contributed by atoms with van der Waals surface area (Å²) in [7, 11) is 0. The van der Waals surface area contributed by atoms with E-state index in [1.54, 1.807) is 23.1 Å². The van der Waals surface area contributed by atoms with Crippen molar-refractivity contribution in [2.24, 2.45) is 0 Å².